The van der Waals surface area contributed by atoms with Crippen LogP contribution >= 0.6 is 11.6 Å². The smallest absolute Gasteiger partial charge is 0.164 e. The van der Waals surface area contributed by atoms with Crippen molar-refractivity contribution in [1.29, 1.82) is 0 Å². The van der Waals surface area contributed by atoms with Crippen molar-refractivity contribution >= 4 is 22.6 Å². The van der Waals surface area contributed by atoms with E-state index in [-0.39, 0.29) is 6.61 Å². The molecular formula is C11H12ClN3O4. The fourth-order valence-electron chi connectivity index (χ4n) is 2.26. The van der Waals surface area contributed by atoms with E-state index >= 15 is 0 Å². The van der Waals surface area contributed by atoms with Crippen LogP contribution in [0.1, 0.15) is 6.23 Å². The van der Waals surface area contributed by atoms with Crippen LogP contribution in [0.4, 0.5) is 0 Å². The maximum Gasteiger partial charge on any atom is 0.164 e. The van der Waals surface area contributed by atoms with Crippen LogP contribution in [0.3, 0.4) is 0 Å². The molecule has 0 amide bonds. The molecule has 19 heavy (non-hydrogen) atoms. The summed E-state index contributed by atoms with van der Waals surface area (Å²) in [6.07, 6.45) is -0.995. The molecule has 0 aliphatic carbocycles. The number of aromatic nitrogens is 3. The van der Waals surface area contributed by atoms with E-state index in [4.69, 9.17) is 21.4 Å². The van der Waals surface area contributed by atoms with Crippen LogP contribution in [0.2, 0.25) is 5.15 Å². The Morgan fingerprint density at radius 3 is 2.79 bits per heavy atom. The minimum Gasteiger partial charge on any atom is -0.394 e. The van der Waals surface area contributed by atoms with Gasteiger partial charge in [-0.3, -0.25) is 0 Å². The lowest BCUT2D eigenvalue weighted by Crippen LogP contribution is -2.33. The van der Waals surface area contributed by atoms with Crippen LogP contribution in [0.25, 0.3) is 11.0 Å². The topological polar surface area (TPSA) is 101 Å². The van der Waals surface area contributed by atoms with E-state index in [1.807, 2.05) is 0 Å². The number of hydrogen-bond acceptors (Lipinski definition) is 6. The van der Waals surface area contributed by atoms with Gasteiger partial charge in [-0.1, -0.05) is 11.6 Å². The maximum atomic E-state index is 9.98. The monoisotopic (exact) mass is 285 g/mol. The second kappa shape index (κ2) is 4.69. The van der Waals surface area contributed by atoms with Crippen molar-refractivity contribution in [3.05, 3.63) is 23.7 Å². The number of aliphatic hydroxyl groups excluding tert-OH is 3. The normalized spacial score (nSPS) is 31.2. The van der Waals surface area contributed by atoms with Crippen LogP contribution in [-0.4, -0.2) is 54.8 Å². The lowest BCUT2D eigenvalue weighted by atomic mass is 10.1. The molecule has 0 bridgehead atoms. The molecule has 3 rings (SSSR count). The summed E-state index contributed by atoms with van der Waals surface area (Å²) in [4.78, 5) is 7.95. The van der Waals surface area contributed by atoms with Crippen LogP contribution in [-0.2, 0) is 4.74 Å². The standard InChI is InChI=1S/C11H12ClN3O4/c12-9-5-1-2-15(10(5)14-4-13-9)11-8(18)7(17)6(3-16)19-11/h1-2,4,6-8,11,16-18H,3H2/t6-,7-,8-,11?/m1/s1. The molecule has 102 valence electrons. The highest BCUT2D eigenvalue weighted by atomic mass is 35.5. The number of aliphatic hydroxyl groups is 3. The minimum absolute atomic E-state index is 0.301. The van der Waals surface area contributed by atoms with E-state index in [0.29, 0.717) is 16.2 Å². The van der Waals surface area contributed by atoms with Crippen molar-refractivity contribution in [2.75, 3.05) is 6.61 Å². The zero-order valence-corrected chi connectivity index (χ0v) is 10.5. The molecular weight excluding hydrogens is 274 g/mol. The summed E-state index contributed by atoms with van der Waals surface area (Å²) in [5.41, 5.74) is 0.495. The van der Waals surface area contributed by atoms with Crippen molar-refractivity contribution < 1.29 is 20.1 Å². The average Bonchev–Trinajstić information content (AvgIpc) is 2.94. The summed E-state index contributed by atoms with van der Waals surface area (Å²) in [5, 5.41) is 29.7. The SMILES string of the molecule is OC[C@H]1OC(n2ccc3c(Cl)ncnc32)[C@H](O)[C@@H]1O. The number of halogens is 1. The van der Waals surface area contributed by atoms with Crippen molar-refractivity contribution in [2.24, 2.45) is 0 Å². The summed E-state index contributed by atoms with van der Waals surface area (Å²) in [6, 6.07) is 1.70. The number of nitrogens with zero attached hydrogens (tertiary/aromatic N) is 3. The van der Waals surface area contributed by atoms with Gasteiger partial charge in [0.2, 0.25) is 0 Å². The van der Waals surface area contributed by atoms with E-state index in [9.17, 15) is 10.2 Å². The van der Waals surface area contributed by atoms with Gasteiger partial charge in [-0.2, -0.15) is 0 Å². The molecule has 8 heteroatoms. The van der Waals surface area contributed by atoms with Gasteiger partial charge in [-0.25, -0.2) is 9.97 Å². The van der Waals surface area contributed by atoms with Gasteiger partial charge >= 0.3 is 0 Å². The zero-order chi connectivity index (χ0) is 13.6. The Morgan fingerprint density at radius 1 is 1.32 bits per heavy atom. The van der Waals surface area contributed by atoms with Crippen LogP contribution in [0.5, 0.6) is 0 Å². The third-order valence-corrected chi connectivity index (χ3v) is 3.55. The first kappa shape index (κ1) is 12.8. The Kier molecular flexibility index (Phi) is 3.15. The number of hydrogen-bond donors (Lipinski definition) is 3. The molecule has 2 aromatic rings. The summed E-state index contributed by atoms with van der Waals surface area (Å²) in [5.74, 6) is 0. The van der Waals surface area contributed by atoms with Gasteiger partial charge in [0.05, 0.1) is 12.0 Å². The molecule has 1 aliphatic heterocycles. The molecule has 0 spiro atoms. The number of ether oxygens (including phenoxy) is 1. The zero-order valence-electron chi connectivity index (χ0n) is 9.72. The third-order valence-electron chi connectivity index (χ3n) is 3.25. The molecule has 1 aliphatic rings. The van der Waals surface area contributed by atoms with Crippen LogP contribution < -0.4 is 0 Å². The van der Waals surface area contributed by atoms with Crippen LogP contribution in [0.15, 0.2) is 18.6 Å². The van der Waals surface area contributed by atoms with Gasteiger partial charge in [-0.05, 0) is 6.07 Å². The second-order valence-corrected chi connectivity index (χ2v) is 4.71. The highest BCUT2D eigenvalue weighted by Crippen LogP contribution is 2.32. The van der Waals surface area contributed by atoms with Gasteiger partial charge in [0.25, 0.3) is 0 Å². The first-order valence-electron chi connectivity index (χ1n) is 5.73. The Balaban J connectivity index is 2.04. The van der Waals surface area contributed by atoms with Crippen molar-refractivity contribution in [2.45, 2.75) is 24.5 Å². The lowest BCUT2D eigenvalue weighted by Gasteiger charge is -2.17. The van der Waals surface area contributed by atoms with Gasteiger partial charge in [-0.15, -0.1) is 0 Å². The van der Waals surface area contributed by atoms with E-state index in [2.05, 4.69) is 9.97 Å². The summed E-state index contributed by atoms with van der Waals surface area (Å²) in [7, 11) is 0. The molecule has 1 fully saturated rings. The van der Waals surface area contributed by atoms with Crippen molar-refractivity contribution in [3.8, 4) is 0 Å². The molecule has 3 N–H and O–H groups in total. The highest BCUT2D eigenvalue weighted by molar-refractivity contribution is 6.33. The predicted octanol–water partition coefficient (Wildman–Crippen LogP) is -0.304. The van der Waals surface area contributed by atoms with E-state index in [1.165, 1.54) is 6.33 Å². The molecule has 4 atom stereocenters. The summed E-state index contributed by atoms with van der Waals surface area (Å²) in [6.45, 7) is -0.371. The molecule has 3 heterocycles. The molecule has 1 saturated heterocycles. The molecule has 0 radical (unpaired) electrons. The van der Waals surface area contributed by atoms with E-state index in [0.717, 1.165) is 0 Å². The molecule has 0 saturated carbocycles. The quantitative estimate of drug-likeness (QED) is 0.655. The molecule has 2 aromatic heterocycles. The number of fused-ring (bicyclic) bond motifs is 1. The van der Waals surface area contributed by atoms with Crippen molar-refractivity contribution in [3.63, 3.8) is 0 Å². The van der Waals surface area contributed by atoms with Gasteiger partial charge in [0.15, 0.2) is 6.23 Å². The highest BCUT2D eigenvalue weighted by Gasteiger charge is 2.43. The largest absolute Gasteiger partial charge is 0.394 e. The third kappa shape index (κ3) is 1.90. The Morgan fingerprint density at radius 2 is 2.11 bits per heavy atom. The fraction of sp³-hybridized carbons (Fsp3) is 0.455. The average molecular weight is 286 g/mol. The number of rotatable bonds is 2. The first-order chi connectivity index (χ1) is 9.13. The van der Waals surface area contributed by atoms with E-state index in [1.54, 1.807) is 16.8 Å². The van der Waals surface area contributed by atoms with E-state index < -0.39 is 24.5 Å². The summed E-state index contributed by atoms with van der Waals surface area (Å²) >= 11 is 5.94. The Bertz CT molecular complexity index is 605. The minimum atomic E-state index is -1.15. The fourth-order valence-corrected chi connectivity index (χ4v) is 2.45. The predicted molar refractivity (Wildman–Crippen MR) is 65.5 cm³/mol. The molecule has 1 unspecified atom stereocenters. The Hall–Kier alpha value is -1.25. The van der Waals surface area contributed by atoms with Gasteiger partial charge in [0.1, 0.15) is 35.4 Å². The van der Waals surface area contributed by atoms with Crippen molar-refractivity contribution in [1.82, 2.24) is 14.5 Å². The van der Waals surface area contributed by atoms with Gasteiger partial charge < -0.3 is 24.6 Å². The van der Waals surface area contributed by atoms with Crippen LogP contribution in [0, 0.1) is 0 Å². The second-order valence-electron chi connectivity index (χ2n) is 4.35. The lowest BCUT2D eigenvalue weighted by molar-refractivity contribution is -0.0508. The maximum absolute atomic E-state index is 9.98. The Labute approximate surface area is 113 Å². The molecule has 0 aromatic carbocycles. The first-order valence-corrected chi connectivity index (χ1v) is 6.10. The molecule has 7 nitrogen and oxygen atoms in total. The van der Waals surface area contributed by atoms with Gasteiger partial charge in [0, 0.05) is 6.20 Å². The summed E-state index contributed by atoms with van der Waals surface area (Å²) < 4.78 is 7.00.